The number of halogens is 1. The van der Waals surface area contributed by atoms with E-state index in [9.17, 15) is 23.6 Å². The molecule has 2 aromatic carbocycles. The van der Waals surface area contributed by atoms with Gasteiger partial charge < -0.3 is 16.0 Å². The van der Waals surface area contributed by atoms with Crippen molar-refractivity contribution < 1.29 is 23.6 Å². The molecule has 1 saturated heterocycles. The Labute approximate surface area is 197 Å². The van der Waals surface area contributed by atoms with E-state index < -0.39 is 41.7 Å². The van der Waals surface area contributed by atoms with E-state index >= 15 is 0 Å². The molecule has 5 amide bonds. The molecule has 0 aliphatic carbocycles. The van der Waals surface area contributed by atoms with E-state index in [1.165, 1.54) is 29.2 Å². The number of nitrogens with one attached hydrogen (secondary N) is 1. The number of imide groups is 1. The first-order valence-corrected chi connectivity index (χ1v) is 11.3. The van der Waals surface area contributed by atoms with Gasteiger partial charge in [-0.2, -0.15) is 0 Å². The molecule has 8 nitrogen and oxygen atoms in total. The molecule has 9 heteroatoms. The summed E-state index contributed by atoms with van der Waals surface area (Å²) < 4.78 is 13.5. The zero-order valence-corrected chi connectivity index (χ0v) is 19.1. The van der Waals surface area contributed by atoms with Crippen molar-refractivity contribution in [2.24, 2.45) is 5.73 Å². The molecule has 0 saturated carbocycles. The van der Waals surface area contributed by atoms with Gasteiger partial charge in [0.15, 0.2) is 0 Å². The second kappa shape index (κ2) is 10.9. The summed E-state index contributed by atoms with van der Waals surface area (Å²) in [7, 11) is 0. The molecule has 0 bridgehead atoms. The maximum atomic E-state index is 13.5. The molecule has 1 fully saturated rings. The van der Waals surface area contributed by atoms with Crippen molar-refractivity contribution in [3.05, 3.63) is 71.5 Å². The highest BCUT2D eigenvalue weighted by Gasteiger charge is 2.52. The fraction of sp³-hybridized carbons (Fsp3) is 0.360. The Morgan fingerprint density at radius 3 is 2.38 bits per heavy atom. The molecular weight excluding hydrogens is 439 g/mol. The van der Waals surface area contributed by atoms with Crippen molar-refractivity contribution in [1.29, 1.82) is 0 Å². The van der Waals surface area contributed by atoms with E-state index in [1.54, 1.807) is 0 Å². The quantitative estimate of drug-likeness (QED) is 0.494. The summed E-state index contributed by atoms with van der Waals surface area (Å²) >= 11 is 0. The average Bonchev–Trinajstić information content (AvgIpc) is 3.06. The first kappa shape index (κ1) is 24.9. The second-order valence-electron chi connectivity index (χ2n) is 8.35. The number of benzene rings is 2. The van der Waals surface area contributed by atoms with Crippen LogP contribution < -0.4 is 11.1 Å². The summed E-state index contributed by atoms with van der Waals surface area (Å²) in [5, 5.41) is 2.75. The molecule has 34 heavy (non-hydrogen) atoms. The second-order valence-corrected chi connectivity index (χ2v) is 8.35. The minimum absolute atomic E-state index is 0.0469. The molecule has 1 heterocycles. The van der Waals surface area contributed by atoms with Crippen LogP contribution in [0.3, 0.4) is 0 Å². The highest BCUT2D eigenvalue weighted by Crippen LogP contribution is 2.34. The number of nitrogens with two attached hydrogens (primary N) is 1. The van der Waals surface area contributed by atoms with Gasteiger partial charge in [-0.3, -0.25) is 19.3 Å². The van der Waals surface area contributed by atoms with E-state index in [0.29, 0.717) is 18.4 Å². The normalized spacial score (nSPS) is 17.5. The topological polar surface area (TPSA) is 113 Å². The number of nitrogens with zero attached hydrogens (tertiary/aromatic N) is 2. The lowest BCUT2D eigenvalue weighted by Gasteiger charge is -2.28. The number of primary amides is 1. The minimum atomic E-state index is -1.36. The van der Waals surface area contributed by atoms with E-state index in [-0.39, 0.29) is 19.5 Å². The summed E-state index contributed by atoms with van der Waals surface area (Å²) in [6.45, 7) is 1.74. The average molecular weight is 469 g/mol. The number of urea groups is 1. The number of unbranched alkanes of at least 4 members (excludes halogenated alkanes) is 1. The van der Waals surface area contributed by atoms with Crippen LogP contribution in [0.2, 0.25) is 0 Å². The lowest BCUT2D eigenvalue weighted by Crippen LogP contribution is -2.46. The van der Waals surface area contributed by atoms with Crippen LogP contribution >= 0.6 is 0 Å². The van der Waals surface area contributed by atoms with Crippen LogP contribution in [0.15, 0.2) is 54.6 Å². The Morgan fingerprint density at radius 2 is 1.76 bits per heavy atom. The Bertz CT molecular complexity index is 1040. The molecule has 0 aromatic heterocycles. The van der Waals surface area contributed by atoms with Gasteiger partial charge in [-0.15, -0.1) is 0 Å². The largest absolute Gasteiger partial charge is 0.370 e. The zero-order chi connectivity index (χ0) is 24.7. The van der Waals surface area contributed by atoms with Crippen molar-refractivity contribution in [3.63, 3.8) is 0 Å². The first-order valence-electron chi connectivity index (χ1n) is 11.3. The number of amides is 5. The predicted octanol–water partition coefficient (Wildman–Crippen LogP) is 2.67. The zero-order valence-electron chi connectivity index (χ0n) is 19.1. The van der Waals surface area contributed by atoms with E-state index in [4.69, 9.17) is 5.73 Å². The molecular formula is C25H29FN4O4. The van der Waals surface area contributed by atoms with Gasteiger partial charge in [-0.1, -0.05) is 62.2 Å². The van der Waals surface area contributed by atoms with Crippen molar-refractivity contribution in [2.75, 3.05) is 13.1 Å². The summed E-state index contributed by atoms with van der Waals surface area (Å²) in [5.41, 5.74) is 5.20. The Balaban J connectivity index is 1.83. The minimum Gasteiger partial charge on any atom is -0.370 e. The van der Waals surface area contributed by atoms with E-state index in [2.05, 4.69) is 5.32 Å². The Morgan fingerprint density at radius 1 is 1.09 bits per heavy atom. The lowest BCUT2D eigenvalue weighted by atomic mass is 9.85. The van der Waals surface area contributed by atoms with Crippen LogP contribution in [0.1, 0.15) is 43.7 Å². The predicted molar refractivity (Wildman–Crippen MR) is 124 cm³/mol. The number of hydrogen-bond donors (Lipinski definition) is 2. The van der Waals surface area contributed by atoms with E-state index in [1.807, 2.05) is 37.3 Å². The molecule has 0 radical (unpaired) electrons. The molecule has 3 N–H and O–H groups in total. The summed E-state index contributed by atoms with van der Waals surface area (Å²) in [4.78, 5) is 53.2. The van der Waals surface area contributed by atoms with Gasteiger partial charge in [0, 0.05) is 19.5 Å². The van der Waals surface area contributed by atoms with Gasteiger partial charge in [-0.05, 0) is 29.7 Å². The van der Waals surface area contributed by atoms with Gasteiger partial charge in [0.05, 0.1) is 0 Å². The van der Waals surface area contributed by atoms with Crippen LogP contribution in [0.4, 0.5) is 9.18 Å². The highest BCUT2D eigenvalue weighted by atomic mass is 19.1. The SMILES string of the molecule is CCCCC1(c2ccc(F)cc2)NC(=O)N(CC(=O)N(CCC(N)=O)Cc2ccccc2)C1=O. The van der Waals surface area contributed by atoms with Gasteiger partial charge in [0.1, 0.15) is 17.9 Å². The molecule has 1 unspecified atom stereocenters. The molecule has 1 aliphatic heterocycles. The fourth-order valence-electron chi connectivity index (χ4n) is 4.03. The Kier molecular flexibility index (Phi) is 7.99. The van der Waals surface area contributed by atoms with Crippen LogP contribution in [0, 0.1) is 5.82 Å². The maximum absolute atomic E-state index is 13.5. The number of rotatable bonds is 11. The summed E-state index contributed by atoms with van der Waals surface area (Å²) in [6, 6.07) is 13.9. The van der Waals surface area contributed by atoms with Crippen LogP contribution in [-0.2, 0) is 26.5 Å². The van der Waals surface area contributed by atoms with Crippen molar-refractivity contribution in [2.45, 2.75) is 44.7 Å². The van der Waals surface area contributed by atoms with Gasteiger partial charge in [0.25, 0.3) is 5.91 Å². The third-order valence-corrected chi connectivity index (χ3v) is 5.91. The summed E-state index contributed by atoms with van der Waals surface area (Å²) in [6.07, 6.45) is 1.70. The third-order valence-electron chi connectivity index (χ3n) is 5.91. The van der Waals surface area contributed by atoms with Crippen molar-refractivity contribution >= 4 is 23.8 Å². The van der Waals surface area contributed by atoms with Crippen LogP contribution in [0.25, 0.3) is 0 Å². The lowest BCUT2D eigenvalue weighted by molar-refractivity contribution is -0.140. The number of hydrogen-bond acceptors (Lipinski definition) is 4. The van der Waals surface area contributed by atoms with Gasteiger partial charge in [-0.25, -0.2) is 9.18 Å². The molecule has 180 valence electrons. The van der Waals surface area contributed by atoms with Gasteiger partial charge >= 0.3 is 6.03 Å². The Hall–Kier alpha value is -3.75. The number of carbonyl (C=O) groups excluding carboxylic acids is 4. The van der Waals surface area contributed by atoms with Crippen LogP contribution in [-0.4, -0.2) is 46.6 Å². The maximum Gasteiger partial charge on any atom is 0.325 e. The van der Waals surface area contributed by atoms with Crippen molar-refractivity contribution in [1.82, 2.24) is 15.1 Å². The summed E-state index contributed by atoms with van der Waals surface area (Å²) in [5.74, 6) is -2.06. The molecule has 1 aliphatic rings. The monoisotopic (exact) mass is 468 g/mol. The standard InChI is InChI=1S/C25H29FN4O4/c1-2-3-14-25(19-9-11-20(26)12-10-19)23(33)30(24(34)28-25)17-22(32)29(15-13-21(27)31)16-18-7-5-4-6-8-18/h4-12H,2-3,13-17H2,1H3,(H2,27,31)(H,28,34). The molecule has 1 atom stereocenters. The fourth-order valence-corrected chi connectivity index (χ4v) is 4.03. The molecule has 2 aromatic rings. The number of carbonyl (C=O) groups is 4. The van der Waals surface area contributed by atoms with Crippen LogP contribution in [0.5, 0.6) is 0 Å². The first-order chi connectivity index (χ1) is 16.3. The van der Waals surface area contributed by atoms with Crippen molar-refractivity contribution in [3.8, 4) is 0 Å². The molecule has 3 rings (SSSR count). The van der Waals surface area contributed by atoms with E-state index in [0.717, 1.165) is 16.9 Å². The molecule has 0 spiro atoms. The third kappa shape index (κ3) is 5.59. The van der Waals surface area contributed by atoms with Gasteiger partial charge in [0.2, 0.25) is 11.8 Å². The highest BCUT2D eigenvalue weighted by molar-refractivity contribution is 6.09. The smallest absolute Gasteiger partial charge is 0.325 e.